The number of hydrogen-bond acceptors (Lipinski definition) is 6. The maximum Gasteiger partial charge on any atom is 0.326 e. The van der Waals surface area contributed by atoms with E-state index in [1.54, 1.807) is 25.3 Å². The van der Waals surface area contributed by atoms with Gasteiger partial charge in [-0.2, -0.15) is 0 Å². The molecule has 1 aliphatic carbocycles. The zero-order valence-corrected chi connectivity index (χ0v) is 21.2. The molecule has 1 saturated carbocycles. The average molecular weight is 518 g/mol. The maximum absolute atomic E-state index is 13.9. The maximum atomic E-state index is 13.9. The van der Waals surface area contributed by atoms with E-state index >= 15 is 0 Å². The predicted octanol–water partition coefficient (Wildman–Crippen LogP) is 3.89. The highest BCUT2D eigenvalue weighted by atomic mass is 16.5. The summed E-state index contributed by atoms with van der Waals surface area (Å²) in [7, 11) is 1.55. The van der Waals surface area contributed by atoms with Crippen LogP contribution < -0.4 is 9.47 Å². The van der Waals surface area contributed by atoms with Crippen LogP contribution in [0, 0.1) is 0 Å². The van der Waals surface area contributed by atoms with Gasteiger partial charge in [0.2, 0.25) is 0 Å². The molecule has 1 amide bonds. The van der Waals surface area contributed by atoms with E-state index < -0.39 is 30.1 Å². The lowest BCUT2D eigenvalue weighted by Gasteiger charge is -2.39. The van der Waals surface area contributed by atoms with Crippen LogP contribution in [0.3, 0.4) is 0 Å². The summed E-state index contributed by atoms with van der Waals surface area (Å²) in [4.78, 5) is 27.8. The summed E-state index contributed by atoms with van der Waals surface area (Å²) in [6.45, 7) is 0.391. The van der Waals surface area contributed by atoms with Gasteiger partial charge in [0, 0.05) is 18.5 Å². The second-order valence-electron chi connectivity index (χ2n) is 9.71. The molecule has 3 aromatic carbocycles. The Morgan fingerprint density at radius 3 is 2.32 bits per heavy atom. The Morgan fingerprint density at radius 1 is 1.00 bits per heavy atom. The van der Waals surface area contributed by atoms with Crippen molar-refractivity contribution in [2.24, 2.45) is 0 Å². The first-order chi connectivity index (χ1) is 18.4. The van der Waals surface area contributed by atoms with Crippen LogP contribution in [0.15, 0.2) is 72.8 Å². The van der Waals surface area contributed by atoms with Crippen LogP contribution in [0.5, 0.6) is 11.5 Å². The van der Waals surface area contributed by atoms with Crippen molar-refractivity contribution in [3.8, 4) is 11.5 Å². The third-order valence-corrected chi connectivity index (χ3v) is 7.17. The fraction of sp³-hybridized carbons (Fsp3) is 0.333. The van der Waals surface area contributed by atoms with Crippen molar-refractivity contribution < 1.29 is 34.0 Å². The van der Waals surface area contributed by atoms with E-state index in [4.69, 9.17) is 14.2 Å². The number of carboxylic acid groups (broad SMARTS) is 1. The molecule has 0 bridgehead atoms. The summed E-state index contributed by atoms with van der Waals surface area (Å²) >= 11 is 0. The lowest BCUT2D eigenvalue weighted by molar-refractivity contribution is -0.167. The first-order valence-electron chi connectivity index (χ1n) is 12.7. The Balaban J connectivity index is 1.45. The van der Waals surface area contributed by atoms with Crippen molar-refractivity contribution >= 4 is 11.9 Å². The van der Waals surface area contributed by atoms with Gasteiger partial charge >= 0.3 is 5.97 Å². The van der Waals surface area contributed by atoms with E-state index in [1.807, 2.05) is 54.6 Å². The van der Waals surface area contributed by atoms with Gasteiger partial charge in [0.1, 0.15) is 12.6 Å². The molecule has 1 heterocycles. The number of carbonyl (C=O) groups is 2. The quantitative estimate of drug-likeness (QED) is 0.444. The van der Waals surface area contributed by atoms with Crippen molar-refractivity contribution in [3.63, 3.8) is 0 Å². The van der Waals surface area contributed by atoms with E-state index in [0.29, 0.717) is 36.5 Å². The highest BCUT2D eigenvalue weighted by Crippen LogP contribution is 2.40. The minimum absolute atomic E-state index is 0.0708. The average Bonchev–Trinajstić information content (AvgIpc) is 2.93. The topological polar surface area (TPSA) is 106 Å². The number of carboxylic acids is 1. The van der Waals surface area contributed by atoms with Gasteiger partial charge in [-0.15, -0.1) is 0 Å². The third-order valence-electron chi connectivity index (χ3n) is 7.17. The van der Waals surface area contributed by atoms with Crippen LogP contribution >= 0.6 is 0 Å². The fourth-order valence-electron chi connectivity index (χ4n) is 5.02. The lowest BCUT2D eigenvalue weighted by Crippen LogP contribution is -2.51. The number of nitrogens with zero attached hydrogens (tertiary/aromatic N) is 1. The largest absolute Gasteiger partial charge is 0.493 e. The zero-order chi connectivity index (χ0) is 26.6. The Kier molecular flexibility index (Phi) is 7.62. The molecule has 3 aromatic rings. The molecule has 1 fully saturated rings. The van der Waals surface area contributed by atoms with Crippen LogP contribution in [0.25, 0.3) is 0 Å². The number of amides is 1. The molecule has 2 atom stereocenters. The summed E-state index contributed by atoms with van der Waals surface area (Å²) in [5.74, 6) is -0.519. The van der Waals surface area contributed by atoms with E-state index in [-0.39, 0.29) is 19.1 Å². The molecule has 198 valence electrons. The van der Waals surface area contributed by atoms with Crippen molar-refractivity contribution in [1.82, 2.24) is 4.90 Å². The normalized spacial score (nSPS) is 21.1. The number of aliphatic carboxylic acids is 1. The number of ether oxygens (including phenoxy) is 3. The number of aliphatic hydroxyl groups is 1. The van der Waals surface area contributed by atoms with E-state index in [1.165, 1.54) is 4.90 Å². The summed E-state index contributed by atoms with van der Waals surface area (Å²) in [5, 5.41) is 19.9. The van der Waals surface area contributed by atoms with Crippen molar-refractivity contribution in [1.29, 1.82) is 0 Å². The fourth-order valence-corrected chi connectivity index (χ4v) is 5.02. The lowest BCUT2D eigenvalue weighted by atomic mass is 9.90. The first-order valence-corrected chi connectivity index (χ1v) is 12.7. The minimum atomic E-state index is -1.11. The Morgan fingerprint density at radius 2 is 1.68 bits per heavy atom. The molecule has 0 radical (unpaired) electrons. The SMILES string of the molecule is COc1ccc2c(c1OCc1ccccc1)CC(C(=O)O)N(C(=O)C(OC1CC(O)C1)c1ccccc1)C2. The smallest absolute Gasteiger partial charge is 0.326 e. The number of hydrogen-bond donors (Lipinski definition) is 2. The second kappa shape index (κ2) is 11.2. The monoisotopic (exact) mass is 517 g/mol. The van der Waals surface area contributed by atoms with Crippen molar-refractivity contribution in [2.45, 2.75) is 56.8 Å². The molecular formula is C30H31NO7. The summed E-state index contributed by atoms with van der Waals surface area (Å²) in [6.07, 6.45) is -0.704. The molecule has 2 N–H and O–H groups in total. The number of carbonyl (C=O) groups excluding carboxylic acids is 1. The number of rotatable bonds is 9. The Bertz CT molecular complexity index is 1270. The van der Waals surface area contributed by atoms with Crippen LogP contribution in [0.1, 0.15) is 41.2 Å². The summed E-state index contributed by atoms with van der Waals surface area (Å²) in [6, 6.07) is 21.3. The highest BCUT2D eigenvalue weighted by Gasteiger charge is 2.42. The molecule has 8 nitrogen and oxygen atoms in total. The van der Waals surface area contributed by atoms with Gasteiger partial charge in [-0.1, -0.05) is 66.7 Å². The summed E-state index contributed by atoms with van der Waals surface area (Å²) in [5.41, 5.74) is 3.13. The molecular weight excluding hydrogens is 486 g/mol. The zero-order valence-electron chi connectivity index (χ0n) is 21.2. The molecule has 0 aromatic heterocycles. The predicted molar refractivity (Wildman–Crippen MR) is 139 cm³/mol. The van der Waals surface area contributed by atoms with Crippen LogP contribution in [0.4, 0.5) is 0 Å². The molecule has 5 rings (SSSR count). The molecule has 38 heavy (non-hydrogen) atoms. The van der Waals surface area contributed by atoms with Gasteiger partial charge in [-0.3, -0.25) is 4.79 Å². The second-order valence-corrected chi connectivity index (χ2v) is 9.71. The molecule has 8 heteroatoms. The number of fused-ring (bicyclic) bond motifs is 1. The molecule has 0 spiro atoms. The first kappa shape index (κ1) is 25.8. The van der Waals surface area contributed by atoms with Gasteiger partial charge in [0.05, 0.1) is 19.3 Å². The Hall–Kier alpha value is -3.88. The number of benzene rings is 3. The highest BCUT2D eigenvalue weighted by molar-refractivity contribution is 5.88. The van der Waals surface area contributed by atoms with Gasteiger partial charge in [0.15, 0.2) is 17.6 Å². The van der Waals surface area contributed by atoms with Crippen molar-refractivity contribution in [3.05, 3.63) is 95.1 Å². The third kappa shape index (κ3) is 5.37. The van der Waals surface area contributed by atoms with Crippen LogP contribution in [0.2, 0.25) is 0 Å². The van der Waals surface area contributed by atoms with Gasteiger partial charge < -0.3 is 29.3 Å². The van der Waals surface area contributed by atoms with Crippen molar-refractivity contribution in [2.75, 3.05) is 7.11 Å². The van der Waals surface area contributed by atoms with E-state index in [0.717, 1.165) is 16.7 Å². The van der Waals surface area contributed by atoms with E-state index in [2.05, 4.69) is 0 Å². The summed E-state index contributed by atoms with van der Waals surface area (Å²) < 4.78 is 17.8. The molecule has 0 saturated heterocycles. The van der Waals surface area contributed by atoms with Gasteiger partial charge in [-0.05, 0) is 35.6 Å². The number of methoxy groups -OCH3 is 1. The molecule has 2 unspecified atom stereocenters. The molecule has 1 aliphatic heterocycles. The van der Waals surface area contributed by atoms with Crippen LogP contribution in [-0.4, -0.2) is 52.3 Å². The Labute approximate surface area is 221 Å². The van der Waals surface area contributed by atoms with E-state index in [9.17, 15) is 19.8 Å². The molecule has 2 aliphatic rings. The minimum Gasteiger partial charge on any atom is -0.493 e. The number of aliphatic hydroxyl groups excluding tert-OH is 1. The van der Waals surface area contributed by atoms with Gasteiger partial charge in [0.25, 0.3) is 5.91 Å². The van der Waals surface area contributed by atoms with Crippen LogP contribution in [-0.2, 0) is 33.9 Å². The standard InChI is InChI=1S/C30H31NO7/c1-36-26-13-12-21-17-31(29(33)27(20-10-6-3-7-11-20)38-23-14-22(32)15-23)25(30(34)35)16-24(21)28(26)37-18-19-8-4-2-5-9-19/h2-13,22-23,25,27,32H,14-18H2,1H3,(H,34,35). The van der Waals surface area contributed by atoms with Gasteiger partial charge in [-0.25, -0.2) is 4.79 Å².